The van der Waals surface area contributed by atoms with Crippen molar-refractivity contribution in [2.24, 2.45) is 0 Å². The fourth-order valence-corrected chi connectivity index (χ4v) is 1.56. The first-order chi connectivity index (χ1) is 8.74. The number of ether oxygens (including phenoxy) is 2. The molecule has 92 valence electrons. The number of aldehydes is 1. The van der Waals surface area contributed by atoms with Crippen LogP contribution >= 0.6 is 0 Å². The number of benzene rings is 1. The summed E-state index contributed by atoms with van der Waals surface area (Å²) >= 11 is 0. The molecule has 0 spiro atoms. The number of rotatable bonds is 4. The van der Waals surface area contributed by atoms with Crippen LogP contribution < -0.4 is 9.47 Å². The molecule has 0 aromatic heterocycles. The van der Waals surface area contributed by atoms with Gasteiger partial charge in [-0.3, -0.25) is 14.9 Å². The molecule has 0 radical (unpaired) electrons. The quantitative estimate of drug-likeness (QED) is 0.267. The van der Waals surface area contributed by atoms with Crippen molar-refractivity contribution in [3.63, 3.8) is 0 Å². The largest absolute Gasteiger partial charge is 0.453 e. The summed E-state index contributed by atoms with van der Waals surface area (Å²) in [5, 5.41) is 11.0. The summed E-state index contributed by atoms with van der Waals surface area (Å²) in [6.07, 6.45) is 6.47. The number of nitrogens with zero attached hydrogens (tertiary/aromatic N) is 1. The number of carbonyl (C=O) groups is 1. The van der Waals surface area contributed by atoms with Crippen LogP contribution in [0.4, 0.5) is 5.69 Å². The molecule has 1 aromatic rings. The number of hydrogen-bond donors (Lipinski definition) is 0. The zero-order valence-electron chi connectivity index (χ0n) is 9.24. The Balaban J connectivity index is 2.41. The van der Waals surface area contributed by atoms with Gasteiger partial charge in [-0.05, 0) is 24.3 Å². The molecule has 6 heteroatoms. The molecule has 0 bridgehead atoms. The average molecular weight is 247 g/mol. The maximum absolute atomic E-state index is 11.0. The summed E-state index contributed by atoms with van der Waals surface area (Å²) in [5.41, 5.74) is 0.251. The van der Waals surface area contributed by atoms with Gasteiger partial charge in [0.15, 0.2) is 5.75 Å². The van der Waals surface area contributed by atoms with Crippen LogP contribution in [0.15, 0.2) is 30.4 Å². The van der Waals surface area contributed by atoms with E-state index in [1.807, 2.05) is 0 Å². The minimum absolute atomic E-state index is 0.0195. The highest BCUT2D eigenvalue weighted by atomic mass is 16.7. The van der Waals surface area contributed by atoms with E-state index in [0.717, 1.165) is 0 Å². The molecule has 1 heterocycles. The topological polar surface area (TPSA) is 78.7 Å². The predicted octanol–water partition coefficient (Wildman–Crippen LogP) is 2.09. The Morgan fingerprint density at radius 3 is 2.78 bits per heavy atom. The van der Waals surface area contributed by atoms with Crippen molar-refractivity contribution < 1.29 is 19.2 Å². The minimum Gasteiger partial charge on any atom is -0.453 e. The van der Waals surface area contributed by atoms with Crippen LogP contribution in [0.25, 0.3) is 6.08 Å². The maximum atomic E-state index is 11.0. The van der Waals surface area contributed by atoms with E-state index in [1.54, 1.807) is 18.2 Å². The SMILES string of the molecule is O=CC=CC=Cc1ccc2c(c1[N+](=O)[O-])OCO2. The number of carbonyl (C=O) groups excluding carboxylic acids is 1. The van der Waals surface area contributed by atoms with Gasteiger partial charge in [0, 0.05) is 0 Å². The van der Waals surface area contributed by atoms with Crippen LogP contribution in [0, 0.1) is 10.1 Å². The van der Waals surface area contributed by atoms with Crippen molar-refractivity contribution in [2.75, 3.05) is 6.79 Å². The molecule has 0 fully saturated rings. The number of nitro benzene ring substituents is 1. The molecule has 0 saturated heterocycles. The molecule has 6 nitrogen and oxygen atoms in total. The summed E-state index contributed by atoms with van der Waals surface area (Å²) < 4.78 is 10.2. The van der Waals surface area contributed by atoms with Gasteiger partial charge in [-0.15, -0.1) is 0 Å². The van der Waals surface area contributed by atoms with E-state index in [2.05, 4.69) is 0 Å². The highest BCUT2D eigenvalue weighted by Gasteiger charge is 2.28. The summed E-state index contributed by atoms with van der Waals surface area (Å²) in [4.78, 5) is 20.6. The lowest BCUT2D eigenvalue weighted by atomic mass is 10.1. The monoisotopic (exact) mass is 247 g/mol. The Labute approximate surface area is 102 Å². The molecule has 0 amide bonds. The molecule has 0 atom stereocenters. The van der Waals surface area contributed by atoms with E-state index in [4.69, 9.17) is 9.47 Å². The first-order valence-corrected chi connectivity index (χ1v) is 5.09. The highest BCUT2D eigenvalue weighted by molar-refractivity contribution is 5.72. The molecule has 1 aliphatic heterocycles. The second kappa shape index (κ2) is 5.13. The summed E-state index contributed by atoms with van der Waals surface area (Å²) in [6, 6.07) is 3.18. The zero-order valence-corrected chi connectivity index (χ0v) is 9.24. The molecule has 1 aliphatic rings. The van der Waals surface area contributed by atoms with Crippen LogP contribution in [-0.2, 0) is 4.79 Å². The summed E-state index contributed by atoms with van der Waals surface area (Å²) in [5.74, 6) is 0.504. The molecule has 0 N–H and O–H groups in total. The molecule has 2 rings (SSSR count). The lowest BCUT2D eigenvalue weighted by molar-refractivity contribution is -0.385. The number of allylic oxidation sites excluding steroid dienone is 3. The van der Waals surface area contributed by atoms with Crippen LogP contribution in [0.3, 0.4) is 0 Å². The van der Waals surface area contributed by atoms with Crippen LogP contribution in [0.2, 0.25) is 0 Å². The lowest BCUT2D eigenvalue weighted by Gasteiger charge is -2.01. The van der Waals surface area contributed by atoms with Gasteiger partial charge < -0.3 is 9.47 Å². The van der Waals surface area contributed by atoms with E-state index >= 15 is 0 Å². The fraction of sp³-hybridized carbons (Fsp3) is 0.0833. The molecule has 0 saturated carbocycles. The van der Waals surface area contributed by atoms with Gasteiger partial charge in [0.2, 0.25) is 12.5 Å². The van der Waals surface area contributed by atoms with Gasteiger partial charge in [-0.1, -0.05) is 12.2 Å². The summed E-state index contributed by atoms with van der Waals surface area (Å²) in [6.45, 7) is -0.0195. The average Bonchev–Trinajstić information content (AvgIpc) is 2.81. The highest BCUT2D eigenvalue weighted by Crippen LogP contribution is 2.43. The van der Waals surface area contributed by atoms with Gasteiger partial charge >= 0.3 is 5.69 Å². The van der Waals surface area contributed by atoms with E-state index in [9.17, 15) is 14.9 Å². The Hall–Kier alpha value is -2.63. The first-order valence-electron chi connectivity index (χ1n) is 5.09. The summed E-state index contributed by atoms with van der Waals surface area (Å²) in [7, 11) is 0. The third kappa shape index (κ3) is 2.22. The molecule has 18 heavy (non-hydrogen) atoms. The fourth-order valence-electron chi connectivity index (χ4n) is 1.56. The van der Waals surface area contributed by atoms with Crippen molar-refractivity contribution in [3.05, 3.63) is 46.0 Å². The Kier molecular flexibility index (Phi) is 3.38. The third-order valence-electron chi connectivity index (χ3n) is 2.30. The maximum Gasteiger partial charge on any atom is 0.322 e. The van der Waals surface area contributed by atoms with Crippen molar-refractivity contribution in [1.82, 2.24) is 0 Å². The van der Waals surface area contributed by atoms with Crippen molar-refractivity contribution in [1.29, 1.82) is 0 Å². The van der Waals surface area contributed by atoms with Crippen LogP contribution in [-0.4, -0.2) is 18.0 Å². The van der Waals surface area contributed by atoms with Crippen LogP contribution in [0.5, 0.6) is 11.5 Å². The molecule has 0 unspecified atom stereocenters. The van der Waals surface area contributed by atoms with Crippen LogP contribution in [0.1, 0.15) is 5.56 Å². The number of nitro groups is 1. The molecule has 0 aliphatic carbocycles. The van der Waals surface area contributed by atoms with Gasteiger partial charge in [0.05, 0.1) is 10.5 Å². The van der Waals surface area contributed by atoms with Gasteiger partial charge in [0.1, 0.15) is 6.29 Å². The van der Waals surface area contributed by atoms with E-state index in [0.29, 0.717) is 17.6 Å². The predicted molar refractivity (Wildman–Crippen MR) is 63.5 cm³/mol. The number of hydrogen-bond acceptors (Lipinski definition) is 5. The van der Waals surface area contributed by atoms with E-state index in [-0.39, 0.29) is 18.2 Å². The van der Waals surface area contributed by atoms with Crippen molar-refractivity contribution >= 4 is 18.0 Å². The Bertz CT molecular complexity index is 548. The lowest BCUT2D eigenvalue weighted by Crippen LogP contribution is -1.96. The van der Waals surface area contributed by atoms with Gasteiger partial charge in [-0.2, -0.15) is 0 Å². The number of fused-ring (bicyclic) bond motifs is 1. The van der Waals surface area contributed by atoms with Gasteiger partial charge in [0.25, 0.3) is 0 Å². The third-order valence-corrected chi connectivity index (χ3v) is 2.30. The first kappa shape index (κ1) is 11.8. The zero-order chi connectivity index (χ0) is 13.0. The second-order valence-electron chi connectivity index (χ2n) is 3.37. The molecule has 1 aromatic carbocycles. The molecular formula is C12H9NO5. The van der Waals surface area contributed by atoms with Crippen molar-refractivity contribution in [3.8, 4) is 11.5 Å². The molecular weight excluding hydrogens is 238 g/mol. The smallest absolute Gasteiger partial charge is 0.322 e. The van der Waals surface area contributed by atoms with Gasteiger partial charge in [-0.25, -0.2) is 0 Å². The van der Waals surface area contributed by atoms with E-state index < -0.39 is 4.92 Å². The standard InChI is InChI=1S/C12H9NO5/c14-7-3-1-2-4-9-5-6-10-12(18-8-17-10)11(9)13(15)16/h1-7H,8H2. The normalized spacial score (nSPS) is 13.3. The minimum atomic E-state index is -0.517. The van der Waals surface area contributed by atoms with Crippen molar-refractivity contribution in [2.45, 2.75) is 0 Å². The Morgan fingerprint density at radius 1 is 1.22 bits per heavy atom. The van der Waals surface area contributed by atoms with E-state index in [1.165, 1.54) is 18.2 Å². The second-order valence-corrected chi connectivity index (χ2v) is 3.37. The Morgan fingerprint density at radius 2 is 2.06 bits per heavy atom.